The molecule has 0 aromatic heterocycles. The maximum atomic E-state index is 3.75. The number of benzene rings is 1. The van der Waals surface area contributed by atoms with Crippen molar-refractivity contribution in [2.24, 2.45) is 5.92 Å². The molecule has 2 rings (SSSR count). The first-order chi connectivity index (χ1) is 8.65. The summed E-state index contributed by atoms with van der Waals surface area (Å²) in [4.78, 5) is 2.56. The predicted molar refractivity (Wildman–Crippen MR) is 77.6 cm³/mol. The van der Waals surface area contributed by atoms with Crippen LogP contribution in [0.1, 0.15) is 32.8 Å². The smallest absolute Gasteiger partial charge is 0.0234 e. The van der Waals surface area contributed by atoms with Crippen molar-refractivity contribution < 1.29 is 0 Å². The molecule has 1 fully saturated rings. The second-order valence-electron chi connectivity index (χ2n) is 5.91. The number of nitrogens with zero attached hydrogens (tertiary/aromatic N) is 1. The lowest BCUT2D eigenvalue weighted by molar-refractivity contribution is 0.307. The van der Waals surface area contributed by atoms with Crippen LogP contribution in [0.2, 0.25) is 0 Å². The molecule has 0 radical (unpaired) electrons. The summed E-state index contributed by atoms with van der Waals surface area (Å²) in [6, 6.07) is 12.1. The van der Waals surface area contributed by atoms with Gasteiger partial charge in [0.1, 0.15) is 0 Å². The molecule has 1 aliphatic rings. The van der Waals surface area contributed by atoms with Gasteiger partial charge in [0.15, 0.2) is 0 Å². The zero-order valence-electron chi connectivity index (χ0n) is 11.9. The van der Waals surface area contributed by atoms with Crippen LogP contribution in [0.3, 0.4) is 0 Å². The number of nitrogens with one attached hydrogen (secondary N) is 1. The van der Waals surface area contributed by atoms with Gasteiger partial charge < -0.3 is 5.32 Å². The molecular formula is C16H26N2. The van der Waals surface area contributed by atoms with Crippen LogP contribution >= 0.6 is 0 Å². The molecule has 2 heteroatoms. The molecule has 2 unspecified atom stereocenters. The molecule has 0 amide bonds. The molecule has 1 aromatic rings. The van der Waals surface area contributed by atoms with Gasteiger partial charge in [0, 0.05) is 31.7 Å². The van der Waals surface area contributed by atoms with Crippen LogP contribution in [0, 0.1) is 5.92 Å². The highest BCUT2D eigenvalue weighted by Crippen LogP contribution is 2.15. The largest absolute Gasteiger partial charge is 0.310 e. The van der Waals surface area contributed by atoms with Gasteiger partial charge >= 0.3 is 0 Å². The molecule has 0 spiro atoms. The van der Waals surface area contributed by atoms with E-state index in [2.05, 4.69) is 61.3 Å². The van der Waals surface area contributed by atoms with Crippen LogP contribution in [-0.2, 0) is 6.54 Å². The van der Waals surface area contributed by atoms with Crippen molar-refractivity contribution in [2.75, 3.05) is 13.1 Å². The van der Waals surface area contributed by atoms with Gasteiger partial charge in [0.2, 0.25) is 0 Å². The summed E-state index contributed by atoms with van der Waals surface area (Å²) in [7, 11) is 0. The lowest BCUT2D eigenvalue weighted by Gasteiger charge is -2.23. The Morgan fingerprint density at radius 3 is 2.61 bits per heavy atom. The second kappa shape index (κ2) is 6.35. The molecule has 0 bridgehead atoms. The Hall–Kier alpha value is -0.860. The summed E-state index contributed by atoms with van der Waals surface area (Å²) in [6.07, 6.45) is 1.28. The van der Waals surface area contributed by atoms with Crippen molar-refractivity contribution in [2.45, 2.75) is 45.8 Å². The quantitative estimate of drug-likeness (QED) is 0.859. The van der Waals surface area contributed by atoms with Crippen molar-refractivity contribution in [3.8, 4) is 0 Å². The number of likely N-dealkylation sites (tertiary alicyclic amines) is 1. The molecule has 1 N–H and O–H groups in total. The van der Waals surface area contributed by atoms with E-state index in [-0.39, 0.29) is 0 Å². The van der Waals surface area contributed by atoms with Crippen molar-refractivity contribution in [3.05, 3.63) is 35.9 Å². The monoisotopic (exact) mass is 246 g/mol. The second-order valence-corrected chi connectivity index (χ2v) is 5.91. The summed E-state index contributed by atoms with van der Waals surface area (Å²) in [5, 5.41) is 3.75. The van der Waals surface area contributed by atoms with Crippen molar-refractivity contribution in [1.29, 1.82) is 0 Å². The molecule has 1 aliphatic heterocycles. The van der Waals surface area contributed by atoms with Gasteiger partial charge in [-0.1, -0.05) is 44.2 Å². The predicted octanol–water partition coefficient (Wildman–Crippen LogP) is 2.90. The zero-order chi connectivity index (χ0) is 13.0. The average molecular weight is 246 g/mol. The molecule has 2 atom stereocenters. The van der Waals surface area contributed by atoms with Crippen molar-refractivity contribution in [3.63, 3.8) is 0 Å². The highest BCUT2D eigenvalue weighted by atomic mass is 15.2. The molecule has 0 aliphatic carbocycles. The summed E-state index contributed by atoms with van der Waals surface area (Å²) in [5.41, 5.74) is 1.43. The first-order valence-electron chi connectivity index (χ1n) is 7.17. The molecular weight excluding hydrogens is 220 g/mol. The normalized spacial score (nSPS) is 22.6. The first-order valence-corrected chi connectivity index (χ1v) is 7.17. The van der Waals surface area contributed by atoms with Crippen LogP contribution in [-0.4, -0.2) is 30.1 Å². The standard InChI is InChI=1S/C16H26N2/c1-13(2)14(3)17-16-9-10-18(12-16)11-15-7-5-4-6-8-15/h4-8,13-14,16-17H,9-12H2,1-3H3. The van der Waals surface area contributed by atoms with E-state index in [1.807, 2.05) is 0 Å². The molecule has 18 heavy (non-hydrogen) atoms. The van der Waals surface area contributed by atoms with Crippen LogP contribution in [0.5, 0.6) is 0 Å². The zero-order valence-corrected chi connectivity index (χ0v) is 11.9. The number of hydrogen-bond donors (Lipinski definition) is 1. The Kier molecular flexibility index (Phi) is 4.79. The lowest BCUT2D eigenvalue weighted by atomic mass is 10.1. The Morgan fingerprint density at radius 1 is 1.22 bits per heavy atom. The fourth-order valence-electron chi connectivity index (χ4n) is 2.52. The van der Waals surface area contributed by atoms with Gasteiger partial charge in [0.05, 0.1) is 0 Å². The first kappa shape index (κ1) is 13.6. The Bertz CT molecular complexity index is 347. The molecule has 0 saturated carbocycles. The minimum Gasteiger partial charge on any atom is -0.310 e. The molecule has 1 aromatic carbocycles. The fourth-order valence-corrected chi connectivity index (χ4v) is 2.52. The van der Waals surface area contributed by atoms with E-state index in [9.17, 15) is 0 Å². The van der Waals surface area contributed by atoms with E-state index >= 15 is 0 Å². The molecule has 1 saturated heterocycles. The van der Waals surface area contributed by atoms with Crippen molar-refractivity contribution >= 4 is 0 Å². The van der Waals surface area contributed by atoms with E-state index in [4.69, 9.17) is 0 Å². The van der Waals surface area contributed by atoms with Gasteiger partial charge in [-0.05, 0) is 24.8 Å². The third-order valence-electron chi connectivity index (χ3n) is 4.02. The van der Waals surface area contributed by atoms with Crippen LogP contribution in [0.15, 0.2) is 30.3 Å². The summed E-state index contributed by atoms with van der Waals surface area (Å²) in [6.45, 7) is 10.4. The fraction of sp³-hybridized carbons (Fsp3) is 0.625. The van der Waals surface area contributed by atoms with Gasteiger partial charge in [-0.25, -0.2) is 0 Å². The van der Waals surface area contributed by atoms with Crippen LogP contribution in [0.4, 0.5) is 0 Å². The van der Waals surface area contributed by atoms with Gasteiger partial charge in [-0.15, -0.1) is 0 Å². The average Bonchev–Trinajstić information content (AvgIpc) is 2.77. The van der Waals surface area contributed by atoms with Gasteiger partial charge in [0.25, 0.3) is 0 Å². The highest BCUT2D eigenvalue weighted by Gasteiger charge is 2.23. The Morgan fingerprint density at radius 2 is 1.94 bits per heavy atom. The van der Waals surface area contributed by atoms with E-state index in [1.54, 1.807) is 0 Å². The topological polar surface area (TPSA) is 15.3 Å². The minimum absolute atomic E-state index is 0.617. The maximum absolute atomic E-state index is 3.75. The third-order valence-corrected chi connectivity index (χ3v) is 4.02. The van der Waals surface area contributed by atoms with Gasteiger partial charge in [-0.2, -0.15) is 0 Å². The van der Waals surface area contributed by atoms with Crippen LogP contribution in [0.25, 0.3) is 0 Å². The molecule has 1 heterocycles. The Balaban J connectivity index is 1.78. The number of rotatable bonds is 5. The third kappa shape index (κ3) is 3.82. The Labute approximate surface area is 111 Å². The van der Waals surface area contributed by atoms with E-state index in [0.717, 1.165) is 6.54 Å². The van der Waals surface area contributed by atoms with E-state index in [0.29, 0.717) is 18.0 Å². The summed E-state index contributed by atoms with van der Waals surface area (Å²) >= 11 is 0. The van der Waals surface area contributed by atoms with Crippen LogP contribution < -0.4 is 5.32 Å². The van der Waals surface area contributed by atoms with Crippen molar-refractivity contribution in [1.82, 2.24) is 10.2 Å². The summed E-state index contributed by atoms with van der Waals surface area (Å²) < 4.78 is 0. The number of hydrogen-bond acceptors (Lipinski definition) is 2. The minimum atomic E-state index is 0.617. The van der Waals surface area contributed by atoms with E-state index < -0.39 is 0 Å². The lowest BCUT2D eigenvalue weighted by Crippen LogP contribution is -2.41. The summed E-state index contributed by atoms with van der Waals surface area (Å²) in [5.74, 6) is 0.716. The van der Waals surface area contributed by atoms with Gasteiger partial charge in [-0.3, -0.25) is 4.90 Å². The molecule has 2 nitrogen and oxygen atoms in total. The maximum Gasteiger partial charge on any atom is 0.0234 e. The molecule has 100 valence electrons. The SMILES string of the molecule is CC(C)C(C)NC1CCN(Cc2ccccc2)C1. The highest BCUT2D eigenvalue weighted by molar-refractivity contribution is 5.14. The van der Waals surface area contributed by atoms with E-state index in [1.165, 1.54) is 25.1 Å².